The molecule has 3 rings (SSSR count). The lowest BCUT2D eigenvalue weighted by Crippen LogP contribution is -2.33. The third-order valence-corrected chi connectivity index (χ3v) is 4.92. The molecule has 0 saturated carbocycles. The van der Waals surface area contributed by atoms with Crippen molar-refractivity contribution < 1.29 is 18.7 Å². The highest BCUT2D eigenvalue weighted by molar-refractivity contribution is 5.85. The summed E-state index contributed by atoms with van der Waals surface area (Å²) < 4.78 is 25.1. The summed E-state index contributed by atoms with van der Waals surface area (Å²) in [6, 6.07) is 16.6. The molecule has 1 N–H and O–H groups in total. The number of pyridine rings is 1. The van der Waals surface area contributed by atoms with Crippen molar-refractivity contribution in [2.24, 2.45) is 5.10 Å². The molecule has 0 aliphatic heterocycles. The number of aromatic nitrogens is 1. The first-order chi connectivity index (χ1) is 16.4. The highest BCUT2D eigenvalue weighted by Gasteiger charge is 2.14. The van der Waals surface area contributed by atoms with E-state index in [0.717, 1.165) is 5.56 Å². The molecular weight excluding hydrogens is 439 g/mol. The molecule has 1 amide bonds. The number of aryl methyl sites for hydroxylation is 1. The van der Waals surface area contributed by atoms with Gasteiger partial charge in [0.25, 0.3) is 11.5 Å². The van der Waals surface area contributed by atoms with Gasteiger partial charge in [-0.1, -0.05) is 24.3 Å². The van der Waals surface area contributed by atoms with Crippen molar-refractivity contribution in [2.75, 3.05) is 7.11 Å². The fourth-order valence-corrected chi connectivity index (χ4v) is 3.23. The van der Waals surface area contributed by atoms with Crippen molar-refractivity contribution in [3.8, 4) is 11.8 Å². The van der Waals surface area contributed by atoms with Crippen LogP contribution in [0.1, 0.15) is 27.9 Å². The maximum atomic E-state index is 13.1. The molecule has 3 aromatic rings. The van der Waals surface area contributed by atoms with Gasteiger partial charge in [-0.05, 0) is 42.8 Å². The Morgan fingerprint density at radius 1 is 1.21 bits per heavy atom. The molecule has 0 saturated heterocycles. The number of halogens is 1. The summed E-state index contributed by atoms with van der Waals surface area (Å²) in [5.74, 6) is -0.321. The van der Waals surface area contributed by atoms with Crippen molar-refractivity contribution >= 4 is 12.1 Å². The van der Waals surface area contributed by atoms with Crippen molar-refractivity contribution in [3.05, 3.63) is 98.7 Å². The number of amides is 1. The Morgan fingerprint density at radius 3 is 2.65 bits per heavy atom. The second-order valence-corrected chi connectivity index (χ2v) is 7.37. The summed E-state index contributed by atoms with van der Waals surface area (Å²) in [4.78, 5) is 25.0. The zero-order chi connectivity index (χ0) is 24.5. The number of hydrogen-bond acceptors (Lipinski definition) is 6. The molecule has 0 aliphatic rings. The van der Waals surface area contributed by atoms with Crippen LogP contribution in [0.3, 0.4) is 0 Å². The van der Waals surface area contributed by atoms with E-state index >= 15 is 0 Å². The third-order valence-electron chi connectivity index (χ3n) is 4.92. The number of hydrogen-bond donors (Lipinski definition) is 1. The van der Waals surface area contributed by atoms with E-state index in [-0.39, 0.29) is 31.1 Å². The molecule has 8 nitrogen and oxygen atoms in total. The van der Waals surface area contributed by atoms with Gasteiger partial charge in [0, 0.05) is 23.9 Å². The average Bonchev–Trinajstić information content (AvgIpc) is 2.82. The zero-order valence-electron chi connectivity index (χ0n) is 18.7. The summed E-state index contributed by atoms with van der Waals surface area (Å²) in [5, 5.41) is 13.3. The normalized spacial score (nSPS) is 10.8. The molecular formula is C25H23FN4O4. The minimum Gasteiger partial charge on any atom is -0.488 e. The quantitative estimate of drug-likeness (QED) is 0.389. The van der Waals surface area contributed by atoms with E-state index in [1.165, 1.54) is 30.0 Å². The Hall–Kier alpha value is -4.29. The van der Waals surface area contributed by atoms with E-state index in [4.69, 9.17) is 9.47 Å². The maximum absolute atomic E-state index is 13.1. The molecule has 34 heavy (non-hydrogen) atoms. The summed E-state index contributed by atoms with van der Waals surface area (Å²) in [6.45, 7) is 1.73. The number of para-hydroxylation sites is 1. The zero-order valence-corrected chi connectivity index (χ0v) is 18.7. The second-order valence-electron chi connectivity index (χ2n) is 7.37. The van der Waals surface area contributed by atoms with Crippen LogP contribution in [0, 0.1) is 24.1 Å². The molecule has 174 valence electrons. The van der Waals surface area contributed by atoms with Gasteiger partial charge in [0.1, 0.15) is 36.4 Å². The van der Waals surface area contributed by atoms with Crippen LogP contribution in [0.5, 0.6) is 5.75 Å². The summed E-state index contributed by atoms with van der Waals surface area (Å²) >= 11 is 0. The predicted molar refractivity (Wildman–Crippen MR) is 124 cm³/mol. The van der Waals surface area contributed by atoms with Crippen LogP contribution in [0.2, 0.25) is 0 Å². The second kappa shape index (κ2) is 11.5. The number of nitrogens with zero attached hydrogens (tertiary/aromatic N) is 3. The lowest BCUT2D eigenvalue weighted by molar-refractivity contribution is -0.121. The van der Waals surface area contributed by atoms with E-state index in [0.29, 0.717) is 22.6 Å². The molecule has 0 radical (unpaired) electrons. The molecule has 0 spiro atoms. The Bertz CT molecular complexity index is 1290. The number of nitrogens with one attached hydrogen (secondary N) is 1. The average molecular weight is 462 g/mol. The van der Waals surface area contributed by atoms with Crippen molar-refractivity contribution in [1.29, 1.82) is 5.26 Å². The van der Waals surface area contributed by atoms with Crippen LogP contribution < -0.4 is 15.7 Å². The number of carbonyl (C=O) groups is 1. The Kier molecular flexibility index (Phi) is 8.26. The number of benzene rings is 2. The van der Waals surface area contributed by atoms with Gasteiger partial charge >= 0.3 is 0 Å². The number of nitriles is 1. The number of carbonyl (C=O) groups excluding carboxylic acids is 1. The minimum absolute atomic E-state index is 0.0593. The fourth-order valence-electron chi connectivity index (χ4n) is 3.23. The fraction of sp³-hybridized carbons (Fsp3) is 0.200. The standard InChI is InChI=1S/C25H23FN4O4/c1-17-11-20(16-33-2)22(12-27)25(32)30(17)14-24(31)29-28-13-19-5-3-4-6-23(19)34-15-18-7-9-21(26)10-8-18/h3-11,13H,14-16H2,1-2H3,(H,29,31). The summed E-state index contributed by atoms with van der Waals surface area (Å²) in [6.07, 6.45) is 1.43. The van der Waals surface area contributed by atoms with E-state index in [1.54, 1.807) is 49.4 Å². The van der Waals surface area contributed by atoms with Crippen molar-refractivity contribution in [1.82, 2.24) is 9.99 Å². The largest absolute Gasteiger partial charge is 0.488 e. The molecule has 9 heteroatoms. The molecule has 0 bridgehead atoms. The van der Waals surface area contributed by atoms with Gasteiger partial charge in [-0.25, -0.2) is 9.82 Å². The van der Waals surface area contributed by atoms with E-state index < -0.39 is 11.5 Å². The predicted octanol–water partition coefficient (Wildman–Crippen LogP) is 3.04. The smallest absolute Gasteiger partial charge is 0.269 e. The van der Waals surface area contributed by atoms with Gasteiger partial charge < -0.3 is 14.0 Å². The van der Waals surface area contributed by atoms with Crippen LogP contribution in [0.25, 0.3) is 0 Å². The lowest BCUT2D eigenvalue weighted by atomic mass is 10.1. The Balaban J connectivity index is 1.66. The Morgan fingerprint density at radius 2 is 1.94 bits per heavy atom. The number of methoxy groups -OCH3 is 1. The molecule has 0 unspecified atom stereocenters. The Labute approximate surface area is 195 Å². The molecule has 1 heterocycles. The van der Waals surface area contributed by atoms with Crippen LogP contribution >= 0.6 is 0 Å². The highest BCUT2D eigenvalue weighted by Crippen LogP contribution is 2.18. The molecule has 0 aliphatic carbocycles. The molecule has 0 atom stereocenters. The van der Waals surface area contributed by atoms with Gasteiger partial charge in [0.15, 0.2) is 0 Å². The van der Waals surface area contributed by atoms with Gasteiger partial charge in [-0.2, -0.15) is 10.4 Å². The van der Waals surface area contributed by atoms with Gasteiger partial charge in [0.05, 0.1) is 12.8 Å². The van der Waals surface area contributed by atoms with Crippen molar-refractivity contribution in [2.45, 2.75) is 26.7 Å². The van der Waals surface area contributed by atoms with Crippen LogP contribution in [-0.4, -0.2) is 23.8 Å². The van der Waals surface area contributed by atoms with E-state index in [9.17, 15) is 19.2 Å². The van der Waals surface area contributed by atoms with Crippen LogP contribution in [-0.2, 0) is 29.3 Å². The van der Waals surface area contributed by atoms with Crippen molar-refractivity contribution in [3.63, 3.8) is 0 Å². The highest BCUT2D eigenvalue weighted by atomic mass is 19.1. The summed E-state index contributed by atoms with van der Waals surface area (Å²) in [5.41, 5.74) is 4.18. The first kappa shape index (κ1) is 24.4. The molecule has 1 aromatic heterocycles. The van der Waals surface area contributed by atoms with Gasteiger partial charge in [-0.3, -0.25) is 9.59 Å². The van der Waals surface area contributed by atoms with Gasteiger partial charge in [0.2, 0.25) is 0 Å². The molecule has 0 fully saturated rings. The maximum Gasteiger partial charge on any atom is 0.269 e. The number of ether oxygens (including phenoxy) is 2. The monoisotopic (exact) mass is 462 g/mol. The first-order valence-corrected chi connectivity index (χ1v) is 10.3. The molecule has 2 aromatic carbocycles. The van der Waals surface area contributed by atoms with E-state index in [2.05, 4.69) is 10.5 Å². The minimum atomic E-state index is -0.562. The SMILES string of the molecule is COCc1cc(C)n(CC(=O)NN=Cc2ccccc2OCc2ccc(F)cc2)c(=O)c1C#N. The topological polar surface area (TPSA) is 106 Å². The number of rotatable bonds is 9. The van der Waals surface area contributed by atoms with Gasteiger partial charge in [-0.15, -0.1) is 0 Å². The number of hydrazone groups is 1. The van der Waals surface area contributed by atoms with E-state index in [1.807, 2.05) is 6.07 Å². The third kappa shape index (κ3) is 6.15. The van der Waals surface area contributed by atoms with Crippen LogP contribution in [0.4, 0.5) is 4.39 Å². The van der Waals surface area contributed by atoms with Crippen LogP contribution in [0.15, 0.2) is 64.5 Å². The summed E-state index contributed by atoms with van der Waals surface area (Å²) in [7, 11) is 1.47. The first-order valence-electron chi connectivity index (χ1n) is 10.3. The lowest BCUT2D eigenvalue weighted by Gasteiger charge is -2.12.